The molecule has 0 aliphatic carbocycles. The number of nitrogen functional groups attached to an aromatic ring is 2. The number of esters is 2. The molecule has 1 unspecified atom stereocenters. The average molecular weight is 499 g/mol. The van der Waals surface area contributed by atoms with Gasteiger partial charge in [-0.05, 0) is 63.1 Å². The lowest BCUT2D eigenvalue weighted by Crippen LogP contribution is -2.42. The fraction of sp³-hybridized carbons (Fsp3) is 0.480. The lowest BCUT2D eigenvalue weighted by atomic mass is 9.90. The zero-order valence-electron chi connectivity index (χ0n) is 20.7. The molecular formula is C25H34N6O5. The fourth-order valence-electron chi connectivity index (χ4n) is 4.09. The van der Waals surface area contributed by atoms with Crippen LogP contribution in [-0.2, 0) is 31.9 Å². The van der Waals surface area contributed by atoms with Crippen LogP contribution in [0.3, 0.4) is 0 Å². The van der Waals surface area contributed by atoms with Gasteiger partial charge in [-0.25, -0.2) is 4.79 Å². The van der Waals surface area contributed by atoms with Gasteiger partial charge in [0.25, 0.3) is 5.91 Å². The van der Waals surface area contributed by atoms with Crippen molar-refractivity contribution < 1.29 is 23.9 Å². The van der Waals surface area contributed by atoms with Crippen LogP contribution in [0, 0.1) is 5.92 Å². The van der Waals surface area contributed by atoms with E-state index in [9.17, 15) is 14.4 Å². The number of benzene rings is 1. The second kappa shape index (κ2) is 12.7. The van der Waals surface area contributed by atoms with Crippen LogP contribution in [0.4, 0.5) is 17.6 Å². The summed E-state index contributed by atoms with van der Waals surface area (Å²) in [5.41, 5.74) is 14.1. The summed E-state index contributed by atoms with van der Waals surface area (Å²) >= 11 is 0. The van der Waals surface area contributed by atoms with E-state index >= 15 is 0 Å². The van der Waals surface area contributed by atoms with Crippen LogP contribution < -0.4 is 22.1 Å². The van der Waals surface area contributed by atoms with E-state index in [1.807, 2.05) is 12.1 Å². The molecule has 2 heterocycles. The van der Waals surface area contributed by atoms with Crippen molar-refractivity contribution in [3.8, 4) is 0 Å². The quantitative estimate of drug-likeness (QED) is 0.335. The van der Waals surface area contributed by atoms with Crippen LogP contribution in [0.5, 0.6) is 0 Å². The summed E-state index contributed by atoms with van der Waals surface area (Å²) in [6, 6.07) is 6.31. The maximum atomic E-state index is 12.7. The number of carbonyl (C=O) groups is 3. The Morgan fingerprint density at radius 1 is 1.11 bits per heavy atom. The molecule has 0 saturated carbocycles. The third-order valence-corrected chi connectivity index (χ3v) is 5.98. The van der Waals surface area contributed by atoms with Crippen LogP contribution in [0.2, 0.25) is 0 Å². The predicted octanol–water partition coefficient (Wildman–Crippen LogP) is 1.86. The van der Waals surface area contributed by atoms with Gasteiger partial charge in [0.05, 0.1) is 13.2 Å². The molecule has 0 spiro atoms. The summed E-state index contributed by atoms with van der Waals surface area (Å²) in [7, 11) is 0. The van der Waals surface area contributed by atoms with Gasteiger partial charge in [0.15, 0.2) is 0 Å². The number of carbonyl (C=O) groups excluding carboxylic acids is 3. The van der Waals surface area contributed by atoms with E-state index in [4.69, 9.17) is 20.9 Å². The second-order valence-corrected chi connectivity index (χ2v) is 8.60. The van der Waals surface area contributed by atoms with Crippen molar-refractivity contribution in [2.24, 2.45) is 5.92 Å². The van der Waals surface area contributed by atoms with E-state index in [0.717, 1.165) is 36.9 Å². The van der Waals surface area contributed by atoms with Crippen molar-refractivity contribution >= 4 is 35.4 Å². The first-order valence-electron chi connectivity index (χ1n) is 12.2. The lowest BCUT2D eigenvalue weighted by Gasteiger charge is -2.26. The molecule has 36 heavy (non-hydrogen) atoms. The van der Waals surface area contributed by atoms with Gasteiger partial charge in [-0.3, -0.25) is 9.59 Å². The van der Waals surface area contributed by atoms with Crippen LogP contribution in [0.25, 0.3) is 0 Å². The van der Waals surface area contributed by atoms with Crippen molar-refractivity contribution in [2.45, 2.75) is 52.0 Å². The summed E-state index contributed by atoms with van der Waals surface area (Å²) in [4.78, 5) is 45.0. The van der Waals surface area contributed by atoms with Crippen molar-refractivity contribution in [1.82, 2.24) is 15.3 Å². The molecule has 11 heteroatoms. The summed E-state index contributed by atoms with van der Waals surface area (Å²) in [5, 5.41) is 5.96. The molecule has 2 atom stereocenters. The third kappa shape index (κ3) is 7.30. The second-order valence-electron chi connectivity index (χ2n) is 8.60. The van der Waals surface area contributed by atoms with Crippen molar-refractivity contribution in [3.05, 3.63) is 41.0 Å². The number of aromatic nitrogens is 2. The monoisotopic (exact) mass is 498 g/mol. The highest BCUT2D eigenvalue weighted by molar-refractivity contribution is 5.96. The Morgan fingerprint density at radius 2 is 1.83 bits per heavy atom. The molecule has 1 aromatic carbocycles. The van der Waals surface area contributed by atoms with Gasteiger partial charge >= 0.3 is 11.9 Å². The number of hydrogen-bond donors (Lipinski definition) is 4. The number of ether oxygens (including phenoxy) is 2. The molecule has 1 aliphatic heterocycles. The molecule has 1 amide bonds. The minimum atomic E-state index is -0.935. The molecule has 0 radical (unpaired) electrons. The van der Waals surface area contributed by atoms with E-state index in [1.165, 1.54) is 0 Å². The van der Waals surface area contributed by atoms with E-state index in [0.29, 0.717) is 23.1 Å². The van der Waals surface area contributed by atoms with Gasteiger partial charge in [0, 0.05) is 24.1 Å². The molecule has 0 saturated heterocycles. The molecule has 194 valence electrons. The zero-order chi connectivity index (χ0) is 26.1. The molecule has 0 bridgehead atoms. The van der Waals surface area contributed by atoms with Gasteiger partial charge in [-0.1, -0.05) is 12.1 Å². The van der Waals surface area contributed by atoms with Crippen molar-refractivity contribution in [2.75, 3.05) is 36.5 Å². The smallest absolute Gasteiger partial charge is 0.328 e. The van der Waals surface area contributed by atoms with Crippen LogP contribution in [-0.4, -0.2) is 53.6 Å². The first-order valence-corrected chi connectivity index (χ1v) is 12.2. The fourth-order valence-corrected chi connectivity index (χ4v) is 4.09. The molecule has 2 aromatic rings. The standard InChI is InChI=1S/C25H34N6O5/c1-3-35-20(32)12-11-19(24(34)36-4-2)29-23(33)17-9-7-15(8-10-17)5-6-16-13-18-21(26)30-25(27)31-22(18)28-14-16/h7-10,16,19H,3-6,11-14H2,1-2H3,(H,29,33)(H5,26,27,28,30,31)/t16?,19-/m0/s1. The first-order chi connectivity index (χ1) is 17.3. The van der Waals surface area contributed by atoms with Gasteiger partial charge in [-0.15, -0.1) is 0 Å². The number of hydrogen-bond acceptors (Lipinski definition) is 10. The number of anilines is 3. The zero-order valence-corrected chi connectivity index (χ0v) is 20.7. The topological polar surface area (TPSA) is 172 Å². The van der Waals surface area contributed by atoms with E-state index in [-0.39, 0.29) is 32.0 Å². The van der Waals surface area contributed by atoms with Crippen LogP contribution in [0.1, 0.15) is 54.6 Å². The molecular weight excluding hydrogens is 464 g/mol. The van der Waals surface area contributed by atoms with Gasteiger partial charge in [-0.2, -0.15) is 9.97 Å². The Morgan fingerprint density at radius 3 is 2.53 bits per heavy atom. The maximum absolute atomic E-state index is 12.7. The number of nitrogens with one attached hydrogen (secondary N) is 2. The maximum Gasteiger partial charge on any atom is 0.328 e. The highest BCUT2D eigenvalue weighted by Crippen LogP contribution is 2.29. The Bertz CT molecular complexity index is 1080. The summed E-state index contributed by atoms with van der Waals surface area (Å²) < 4.78 is 9.95. The van der Waals surface area contributed by atoms with Gasteiger partial charge in [0.2, 0.25) is 5.95 Å². The lowest BCUT2D eigenvalue weighted by molar-refractivity contribution is -0.146. The molecule has 1 aromatic heterocycles. The Hall–Kier alpha value is -3.89. The Labute approximate surface area is 210 Å². The number of rotatable bonds is 11. The largest absolute Gasteiger partial charge is 0.466 e. The summed E-state index contributed by atoms with van der Waals surface area (Å²) in [6.45, 7) is 4.59. The number of aryl methyl sites for hydroxylation is 1. The highest BCUT2D eigenvalue weighted by atomic mass is 16.5. The minimum absolute atomic E-state index is 0.00218. The number of amides is 1. The molecule has 1 aliphatic rings. The number of nitrogens with two attached hydrogens (primary N) is 2. The molecule has 11 nitrogen and oxygen atoms in total. The summed E-state index contributed by atoms with van der Waals surface area (Å²) in [5.74, 6) is 0.216. The average Bonchev–Trinajstić information content (AvgIpc) is 2.85. The third-order valence-electron chi connectivity index (χ3n) is 5.98. The van der Waals surface area contributed by atoms with Gasteiger partial charge in [0.1, 0.15) is 17.7 Å². The van der Waals surface area contributed by atoms with E-state index in [2.05, 4.69) is 20.6 Å². The molecule has 6 N–H and O–H groups in total. The van der Waals surface area contributed by atoms with Crippen molar-refractivity contribution in [1.29, 1.82) is 0 Å². The summed E-state index contributed by atoms with van der Waals surface area (Å²) in [6.07, 6.45) is 2.62. The van der Waals surface area contributed by atoms with Gasteiger partial charge < -0.3 is 31.6 Å². The molecule has 3 rings (SSSR count). The highest BCUT2D eigenvalue weighted by Gasteiger charge is 2.25. The van der Waals surface area contributed by atoms with E-state index in [1.54, 1.807) is 26.0 Å². The Balaban J connectivity index is 1.54. The minimum Gasteiger partial charge on any atom is -0.466 e. The van der Waals surface area contributed by atoms with Crippen LogP contribution in [0.15, 0.2) is 24.3 Å². The molecule has 0 fully saturated rings. The van der Waals surface area contributed by atoms with Crippen LogP contribution >= 0.6 is 0 Å². The first kappa shape index (κ1) is 26.7. The number of nitrogens with zero attached hydrogens (tertiary/aromatic N) is 2. The predicted molar refractivity (Wildman–Crippen MR) is 135 cm³/mol. The van der Waals surface area contributed by atoms with Crippen molar-refractivity contribution in [3.63, 3.8) is 0 Å². The Kier molecular flexibility index (Phi) is 9.43. The SMILES string of the molecule is CCOC(=O)CC[C@H](NC(=O)c1ccc(CCC2CNc3nc(N)nc(N)c3C2)cc1)C(=O)OCC. The number of fused-ring (bicyclic) bond motifs is 1. The normalized spacial score (nSPS) is 15.2. The van der Waals surface area contributed by atoms with E-state index < -0.39 is 23.9 Å².